The monoisotopic (exact) mass is 233 g/mol. The molecule has 0 aromatic carbocycles. The van der Waals surface area contributed by atoms with E-state index in [1.165, 1.54) is 16.8 Å². The minimum atomic E-state index is -0.412. The molecule has 0 spiro atoms. The molecule has 0 saturated heterocycles. The molecule has 2 N–H and O–H groups in total. The van der Waals surface area contributed by atoms with Crippen molar-refractivity contribution in [2.24, 2.45) is 5.73 Å². The Balaban J connectivity index is 2.34. The number of nitrogens with two attached hydrogens (primary N) is 1. The molecule has 0 aliphatic rings. The molecule has 0 atom stereocenters. The van der Waals surface area contributed by atoms with Crippen molar-refractivity contribution in [1.82, 2.24) is 9.55 Å². The lowest BCUT2D eigenvalue weighted by Gasteiger charge is -2.07. The van der Waals surface area contributed by atoms with E-state index in [9.17, 15) is 9.18 Å². The van der Waals surface area contributed by atoms with Gasteiger partial charge >= 0.3 is 0 Å². The van der Waals surface area contributed by atoms with Gasteiger partial charge in [-0.2, -0.15) is 0 Å². The van der Waals surface area contributed by atoms with E-state index in [0.717, 1.165) is 6.20 Å². The van der Waals surface area contributed by atoms with Crippen molar-refractivity contribution in [3.05, 3.63) is 64.1 Å². The SMILES string of the molecule is NCc1cccn(Cc2cncc(F)c2)c1=O. The van der Waals surface area contributed by atoms with E-state index in [1.807, 2.05) is 0 Å². The Morgan fingerprint density at radius 2 is 2.24 bits per heavy atom. The predicted molar refractivity (Wildman–Crippen MR) is 61.9 cm³/mol. The molecule has 2 rings (SSSR count). The first-order valence-electron chi connectivity index (χ1n) is 5.18. The van der Waals surface area contributed by atoms with Crippen LogP contribution >= 0.6 is 0 Å². The van der Waals surface area contributed by atoms with Crippen molar-refractivity contribution in [3.8, 4) is 0 Å². The molecule has 2 heterocycles. The van der Waals surface area contributed by atoms with Crippen LogP contribution in [-0.2, 0) is 13.1 Å². The third-order valence-corrected chi connectivity index (χ3v) is 2.43. The van der Waals surface area contributed by atoms with E-state index < -0.39 is 5.82 Å². The van der Waals surface area contributed by atoms with Crippen LogP contribution < -0.4 is 11.3 Å². The molecular weight excluding hydrogens is 221 g/mol. The number of rotatable bonds is 3. The zero-order valence-electron chi connectivity index (χ0n) is 9.14. The van der Waals surface area contributed by atoms with E-state index in [2.05, 4.69) is 4.98 Å². The Kier molecular flexibility index (Phi) is 3.30. The number of aromatic nitrogens is 2. The van der Waals surface area contributed by atoms with Gasteiger partial charge < -0.3 is 10.3 Å². The standard InChI is InChI=1S/C12H12FN3O/c13-11-4-9(6-15-7-11)8-16-3-1-2-10(5-14)12(16)17/h1-4,6-7H,5,8,14H2. The number of hydrogen-bond acceptors (Lipinski definition) is 3. The van der Waals surface area contributed by atoms with Crippen LogP contribution in [0.3, 0.4) is 0 Å². The summed E-state index contributed by atoms with van der Waals surface area (Å²) in [6.07, 6.45) is 4.31. The fraction of sp³-hybridized carbons (Fsp3) is 0.167. The van der Waals surface area contributed by atoms with Crippen LogP contribution in [0, 0.1) is 5.82 Å². The molecule has 0 bridgehead atoms. The highest BCUT2D eigenvalue weighted by Crippen LogP contribution is 2.02. The lowest BCUT2D eigenvalue weighted by molar-refractivity contribution is 0.615. The van der Waals surface area contributed by atoms with Crippen LogP contribution in [0.15, 0.2) is 41.6 Å². The molecule has 0 unspecified atom stereocenters. The second kappa shape index (κ2) is 4.88. The number of pyridine rings is 2. The van der Waals surface area contributed by atoms with Crippen molar-refractivity contribution < 1.29 is 4.39 Å². The second-order valence-corrected chi connectivity index (χ2v) is 3.68. The number of halogens is 1. The Morgan fingerprint density at radius 3 is 2.94 bits per heavy atom. The van der Waals surface area contributed by atoms with Gasteiger partial charge in [-0.05, 0) is 17.7 Å². The summed E-state index contributed by atoms with van der Waals surface area (Å²) >= 11 is 0. The molecule has 0 radical (unpaired) electrons. The quantitative estimate of drug-likeness (QED) is 0.856. The molecule has 17 heavy (non-hydrogen) atoms. The molecule has 0 fully saturated rings. The van der Waals surface area contributed by atoms with Gasteiger partial charge in [0.25, 0.3) is 5.56 Å². The van der Waals surface area contributed by atoms with Gasteiger partial charge in [-0.25, -0.2) is 4.39 Å². The molecule has 2 aromatic heterocycles. The van der Waals surface area contributed by atoms with Crippen molar-refractivity contribution >= 4 is 0 Å². The first-order valence-corrected chi connectivity index (χ1v) is 5.18. The summed E-state index contributed by atoms with van der Waals surface area (Å²) in [5, 5.41) is 0. The zero-order valence-corrected chi connectivity index (χ0v) is 9.14. The fourth-order valence-electron chi connectivity index (χ4n) is 1.61. The van der Waals surface area contributed by atoms with E-state index in [4.69, 9.17) is 5.73 Å². The van der Waals surface area contributed by atoms with E-state index in [1.54, 1.807) is 18.3 Å². The molecular formula is C12H12FN3O. The lowest BCUT2D eigenvalue weighted by atomic mass is 10.2. The van der Waals surface area contributed by atoms with Gasteiger partial charge in [0, 0.05) is 24.5 Å². The highest BCUT2D eigenvalue weighted by molar-refractivity contribution is 5.14. The number of hydrogen-bond donors (Lipinski definition) is 1. The van der Waals surface area contributed by atoms with E-state index in [0.29, 0.717) is 11.1 Å². The summed E-state index contributed by atoms with van der Waals surface area (Å²) < 4.78 is 14.4. The maximum Gasteiger partial charge on any atom is 0.255 e. The van der Waals surface area contributed by atoms with Gasteiger partial charge in [0.1, 0.15) is 5.82 Å². The van der Waals surface area contributed by atoms with Crippen LogP contribution in [0.1, 0.15) is 11.1 Å². The summed E-state index contributed by atoms with van der Waals surface area (Å²) in [7, 11) is 0. The van der Waals surface area contributed by atoms with Gasteiger partial charge in [-0.1, -0.05) is 6.07 Å². The van der Waals surface area contributed by atoms with Crippen molar-refractivity contribution in [3.63, 3.8) is 0 Å². The average molecular weight is 233 g/mol. The third-order valence-electron chi connectivity index (χ3n) is 2.43. The van der Waals surface area contributed by atoms with Gasteiger partial charge in [0.05, 0.1) is 12.7 Å². The van der Waals surface area contributed by atoms with Crippen LogP contribution in [0.25, 0.3) is 0 Å². The minimum Gasteiger partial charge on any atom is -0.326 e. The molecule has 0 aliphatic heterocycles. The van der Waals surface area contributed by atoms with Crippen molar-refractivity contribution in [2.75, 3.05) is 0 Å². The Bertz CT molecular complexity index is 580. The van der Waals surface area contributed by atoms with Gasteiger partial charge in [-0.15, -0.1) is 0 Å². The van der Waals surface area contributed by atoms with Crippen LogP contribution in [0.4, 0.5) is 4.39 Å². The van der Waals surface area contributed by atoms with E-state index >= 15 is 0 Å². The third kappa shape index (κ3) is 2.57. The molecule has 5 heteroatoms. The molecule has 2 aromatic rings. The minimum absolute atomic E-state index is 0.153. The molecule has 4 nitrogen and oxygen atoms in total. The van der Waals surface area contributed by atoms with Gasteiger partial charge in [0.15, 0.2) is 0 Å². The largest absolute Gasteiger partial charge is 0.326 e. The maximum absolute atomic E-state index is 12.9. The Hall–Kier alpha value is -2.01. The normalized spacial score (nSPS) is 10.5. The fourth-order valence-corrected chi connectivity index (χ4v) is 1.61. The molecule has 88 valence electrons. The number of nitrogens with zero attached hydrogens (tertiary/aromatic N) is 2. The second-order valence-electron chi connectivity index (χ2n) is 3.68. The smallest absolute Gasteiger partial charge is 0.255 e. The molecule has 0 saturated carbocycles. The van der Waals surface area contributed by atoms with E-state index in [-0.39, 0.29) is 18.6 Å². The zero-order chi connectivity index (χ0) is 12.3. The van der Waals surface area contributed by atoms with Crippen molar-refractivity contribution in [2.45, 2.75) is 13.1 Å². The predicted octanol–water partition coefficient (Wildman–Crippen LogP) is 0.889. The summed E-state index contributed by atoms with van der Waals surface area (Å²) in [6, 6.07) is 4.79. The molecule has 0 aliphatic carbocycles. The Morgan fingerprint density at radius 1 is 1.41 bits per heavy atom. The van der Waals surface area contributed by atoms with Gasteiger partial charge in [-0.3, -0.25) is 9.78 Å². The molecule has 0 amide bonds. The van der Waals surface area contributed by atoms with Crippen LogP contribution in [-0.4, -0.2) is 9.55 Å². The summed E-state index contributed by atoms with van der Waals surface area (Å²) in [6.45, 7) is 0.485. The lowest BCUT2D eigenvalue weighted by Crippen LogP contribution is -2.25. The maximum atomic E-state index is 12.9. The average Bonchev–Trinajstić information content (AvgIpc) is 2.32. The highest BCUT2D eigenvalue weighted by Gasteiger charge is 2.03. The van der Waals surface area contributed by atoms with Crippen molar-refractivity contribution in [1.29, 1.82) is 0 Å². The Labute approximate surface area is 97.5 Å². The first-order chi connectivity index (χ1) is 8.20. The summed E-state index contributed by atoms with van der Waals surface area (Å²) in [4.78, 5) is 15.6. The highest BCUT2D eigenvalue weighted by atomic mass is 19.1. The van der Waals surface area contributed by atoms with Crippen LogP contribution in [0.5, 0.6) is 0 Å². The topological polar surface area (TPSA) is 60.9 Å². The summed E-state index contributed by atoms with van der Waals surface area (Å²) in [5.74, 6) is -0.412. The first kappa shape index (κ1) is 11.5. The summed E-state index contributed by atoms with van der Waals surface area (Å²) in [5.41, 5.74) is 6.48. The van der Waals surface area contributed by atoms with Gasteiger partial charge in [0.2, 0.25) is 0 Å². The van der Waals surface area contributed by atoms with Crippen LogP contribution in [0.2, 0.25) is 0 Å².